The fourth-order valence-electron chi connectivity index (χ4n) is 4.41. The molecule has 0 aliphatic carbocycles. The van der Waals surface area contributed by atoms with Crippen LogP contribution in [0.15, 0.2) is 36.7 Å². The first-order chi connectivity index (χ1) is 12.8. The Labute approximate surface area is 151 Å². The van der Waals surface area contributed by atoms with Gasteiger partial charge >= 0.3 is 0 Å². The highest BCUT2D eigenvalue weighted by Crippen LogP contribution is 2.40. The standard InChI is InChI=1S/C19H20N4O3/c24-19(6-2-13-1-5-17-18(9-13)26-12-25-17)23-14-3-4-15(23)11-16(10-14)22-8-7-20-21-22/h1-2,5-9,14-16H,3-4,10-12H2. The van der Waals surface area contributed by atoms with E-state index >= 15 is 0 Å². The second-order valence-electron chi connectivity index (χ2n) is 7.08. The predicted octanol–water partition coefficient (Wildman–Crippen LogP) is 2.41. The summed E-state index contributed by atoms with van der Waals surface area (Å²) in [6.07, 6.45) is 11.2. The summed E-state index contributed by atoms with van der Waals surface area (Å²) in [7, 11) is 0. The van der Waals surface area contributed by atoms with Crippen LogP contribution < -0.4 is 9.47 Å². The van der Waals surface area contributed by atoms with Crippen LogP contribution in [0.5, 0.6) is 11.5 Å². The highest BCUT2D eigenvalue weighted by molar-refractivity contribution is 5.92. The third kappa shape index (κ3) is 2.64. The van der Waals surface area contributed by atoms with Gasteiger partial charge in [0.15, 0.2) is 11.5 Å². The van der Waals surface area contributed by atoms with Crippen molar-refractivity contribution in [2.24, 2.45) is 0 Å². The van der Waals surface area contributed by atoms with Crippen molar-refractivity contribution in [1.29, 1.82) is 0 Å². The Hall–Kier alpha value is -2.83. The van der Waals surface area contributed by atoms with Gasteiger partial charge in [0.2, 0.25) is 12.7 Å². The van der Waals surface area contributed by atoms with Gasteiger partial charge in [-0.2, -0.15) is 0 Å². The summed E-state index contributed by atoms with van der Waals surface area (Å²) in [5, 5.41) is 8.05. The number of rotatable bonds is 3. The zero-order valence-electron chi connectivity index (χ0n) is 14.3. The maximum Gasteiger partial charge on any atom is 0.247 e. The minimum absolute atomic E-state index is 0.0900. The monoisotopic (exact) mass is 352 g/mol. The molecule has 1 aromatic heterocycles. The molecule has 7 heteroatoms. The number of ether oxygens (including phenoxy) is 2. The molecular weight excluding hydrogens is 332 g/mol. The summed E-state index contributed by atoms with van der Waals surface area (Å²) in [5.41, 5.74) is 0.937. The molecule has 0 spiro atoms. The number of benzene rings is 1. The number of aromatic nitrogens is 3. The molecule has 3 aliphatic rings. The van der Waals surface area contributed by atoms with E-state index in [4.69, 9.17) is 9.47 Å². The van der Waals surface area contributed by atoms with Gasteiger partial charge in [-0.15, -0.1) is 5.10 Å². The van der Waals surface area contributed by atoms with E-state index in [1.165, 1.54) is 0 Å². The first-order valence-corrected chi connectivity index (χ1v) is 9.04. The number of hydrogen-bond acceptors (Lipinski definition) is 5. The van der Waals surface area contributed by atoms with Crippen LogP contribution in [0.4, 0.5) is 0 Å². The van der Waals surface area contributed by atoms with Gasteiger partial charge in [0.05, 0.1) is 12.2 Å². The van der Waals surface area contributed by atoms with E-state index < -0.39 is 0 Å². The summed E-state index contributed by atoms with van der Waals surface area (Å²) >= 11 is 0. The number of carbonyl (C=O) groups is 1. The quantitative estimate of drug-likeness (QED) is 0.794. The topological polar surface area (TPSA) is 69.5 Å². The molecule has 2 saturated heterocycles. The number of carbonyl (C=O) groups excluding carboxylic acids is 1. The first kappa shape index (κ1) is 15.4. The molecule has 7 nitrogen and oxygen atoms in total. The predicted molar refractivity (Wildman–Crippen MR) is 93.5 cm³/mol. The van der Waals surface area contributed by atoms with Crippen molar-refractivity contribution in [3.63, 3.8) is 0 Å². The average Bonchev–Trinajstić information content (AvgIpc) is 3.38. The van der Waals surface area contributed by atoms with Gasteiger partial charge in [0.1, 0.15) is 0 Å². The Morgan fingerprint density at radius 3 is 2.69 bits per heavy atom. The molecule has 2 aromatic rings. The molecule has 0 N–H and O–H groups in total. The third-order valence-electron chi connectivity index (χ3n) is 5.59. The van der Waals surface area contributed by atoms with Crippen LogP contribution in [0, 0.1) is 0 Å². The third-order valence-corrected chi connectivity index (χ3v) is 5.59. The Balaban J connectivity index is 1.29. The molecule has 26 heavy (non-hydrogen) atoms. The Kier molecular flexibility index (Phi) is 3.65. The van der Waals surface area contributed by atoms with Crippen molar-refractivity contribution < 1.29 is 14.3 Å². The number of amides is 1. The second-order valence-corrected chi connectivity index (χ2v) is 7.08. The van der Waals surface area contributed by atoms with Crippen molar-refractivity contribution in [2.75, 3.05) is 6.79 Å². The molecule has 5 rings (SSSR count). The van der Waals surface area contributed by atoms with Crippen molar-refractivity contribution >= 4 is 12.0 Å². The lowest BCUT2D eigenvalue weighted by Gasteiger charge is -2.38. The minimum atomic E-state index is 0.0900. The fraction of sp³-hybridized carbons (Fsp3) is 0.421. The largest absolute Gasteiger partial charge is 0.454 e. The lowest BCUT2D eigenvalue weighted by molar-refractivity contribution is -0.130. The van der Waals surface area contributed by atoms with Gasteiger partial charge in [-0.3, -0.25) is 4.79 Å². The van der Waals surface area contributed by atoms with Crippen LogP contribution in [0.25, 0.3) is 6.08 Å². The summed E-state index contributed by atoms with van der Waals surface area (Å²) in [6, 6.07) is 6.63. The van der Waals surface area contributed by atoms with E-state index in [0.29, 0.717) is 6.04 Å². The smallest absolute Gasteiger partial charge is 0.247 e. The van der Waals surface area contributed by atoms with Crippen LogP contribution in [-0.2, 0) is 4.79 Å². The SMILES string of the molecule is O=C(C=Cc1ccc2c(c1)OCO2)N1C2CCC1CC(n1ccnn1)C2. The summed E-state index contributed by atoms with van der Waals surface area (Å²) in [4.78, 5) is 14.9. The van der Waals surface area contributed by atoms with Crippen molar-refractivity contribution in [3.8, 4) is 11.5 Å². The minimum Gasteiger partial charge on any atom is -0.454 e. The zero-order chi connectivity index (χ0) is 17.5. The molecule has 2 bridgehead atoms. The first-order valence-electron chi connectivity index (χ1n) is 9.04. The molecule has 2 atom stereocenters. The summed E-state index contributed by atoms with van der Waals surface area (Å²) < 4.78 is 12.6. The molecule has 3 aliphatic heterocycles. The van der Waals surface area contributed by atoms with E-state index in [2.05, 4.69) is 15.2 Å². The van der Waals surface area contributed by atoms with Crippen LogP contribution in [0.2, 0.25) is 0 Å². The highest BCUT2D eigenvalue weighted by Gasteiger charge is 2.43. The van der Waals surface area contributed by atoms with E-state index in [1.807, 2.05) is 35.2 Å². The fourth-order valence-corrected chi connectivity index (χ4v) is 4.41. The summed E-state index contributed by atoms with van der Waals surface area (Å²) in [6.45, 7) is 0.255. The molecule has 2 fully saturated rings. The maximum absolute atomic E-state index is 12.8. The molecule has 4 heterocycles. The van der Waals surface area contributed by atoms with E-state index in [-0.39, 0.29) is 24.8 Å². The van der Waals surface area contributed by atoms with Crippen molar-refractivity contribution in [1.82, 2.24) is 19.9 Å². The molecule has 0 radical (unpaired) electrons. The van der Waals surface area contributed by atoms with Gasteiger partial charge in [0.25, 0.3) is 0 Å². The lowest BCUT2D eigenvalue weighted by atomic mass is 9.97. The van der Waals surface area contributed by atoms with Crippen LogP contribution in [0.3, 0.4) is 0 Å². The van der Waals surface area contributed by atoms with E-state index in [9.17, 15) is 4.79 Å². The van der Waals surface area contributed by atoms with Gasteiger partial charge in [-0.25, -0.2) is 4.68 Å². The number of fused-ring (bicyclic) bond motifs is 3. The van der Waals surface area contributed by atoms with Gasteiger partial charge in [-0.1, -0.05) is 11.3 Å². The van der Waals surface area contributed by atoms with E-state index in [0.717, 1.165) is 42.7 Å². The Morgan fingerprint density at radius 2 is 1.92 bits per heavy atom. The number of piperidine rings is 1. The van der Waals surface area contributed by atoms with Crippen LogP contribution >= 0.6 is 0 Å². The van der Waals surface area contributed by atoms with Crippen LogP contribution in [-0.4, -0.2) is 44.7 Å². The molecule has 1 aromatic carbocycles. The molecule has 2 unspecified atom stereocenters. The molecular formula is C19H20N4O3. The van der Waals surface area contributed by atoms with Gasteiger partial charge < -0.3 is 14.4 Å². The normalized spacial score (nSPS) is 26.6. The van der Waals surface area contributed by atoms with Crippen molar-refractivity contribution in [2.45, 2.75) is 43.8 Å². The number of nitrogens with zero attached hydrogens (tertiary/aromatic N) is 4. The van der Waals surface area contributed by atoms with Crippen LogP contribution in [0.1, 0.15) is 37.3 Å². The van der Waals surface area contributed by atoms with Gasteiger partial charge in [0, 0.05) is 24.4 Å². The maximum atomic E-state index is 12.8. The molecule has 1 amide bonds. The average molecular weight is 352 g/mol. The Morgan fingerprint density at radius 1 is 1.12 bits per heavy atom. The van der Waals surface area contributed by atoms with Gasteiger partial charge in [-0.05, 0) is 49.5 Å². The highest BCUT2D eigenvalue weighted by atomic mass is 16.7. The molecule has 0 saturated carbocycles. The van der Waals surface area contributed by atoms with Crippen molar-refractivity contribution in [3.05, 3.63) is 42.2 Å². The second kappa shape index (κ2) is 6.16. The molecule has 134 valence electrons. The zero-order valence-corrected chi connectivity index (χ0v) is 14.3. The lowest BCUT2D eigenvalue weighted by Crippen LogP contribution is -2.46. The Bertz CT molecular complexity index is 834. The number of hydrogen-bond donors (Lipinski definition) is 0. The summed E-state index contributed by atoms with van der Waals surface area (Å²) in [5.74, 6) is 1.57. The van der Waals surface area contributed by atoms with E-state index in [1.54, 1.807) is 12.3 Å².